The van der Waals surface area contributed by atoms with Crippen LogP contribution >= 0.6 is 15.9 Å². The number of nitrogens with zero attached hydrogens (tertiary/aromatic N) is 2. The van der Waals surface area contributed by atoms with E-state index >= 15 is 0 Å². The lowest BCUT2D eigenvalue weighted by molar-refractivity contribution is 0.273. The third-order valence-electron chi connectivity index (χ3n) is 3.28. The lowest BCUT2D eigenvalue weighted by atomic mass is 10.1. The van der Waals surface area contributed by atoms with Crippen molar-refractivity contribution in [2.75, 3.05) is 11.9 Å². The molecule has 0 aromatic carbocycles. The summed E-state index contributed by atoms with van der Waals surface area (Å²) in [5.41, 5.74) is 0. The summed E-state index contributed by atoms with van der Waals surface area (Å²) in [6.45, 7) is 2.54. The molecule has 0 radical (unpaired) electrons. The molecule has 5 nitrogen and oxygen atoms in total. The van der Waals surface area contributed by atoms with E-state index in [9.17, 15) is 8.42 Å². The Morgan fingerprint density at radius 1 is 1.56 bits per heavy atom. The summed E-state index contributed by atoms with van der Waals surface area (Å²) < 4.78 is 26.6. The summed E-state index contributed by atoms with van der Waals surface area (Å²) in [6, 6.07) is 0.0529. The average molecular weight is 336 g/mol. The van der Waals surface area contributed by atoms with Gasteiger partial charge in [-0.1, -0.05) is 29.3 Å². The SMILES string of the molecule is CCc1ncc(S(=O)(=O)N2CCCCC2CBr)[nH]1. The van der Waals surface area contributed by atoms with Gasteiger partial charge in [-0.15, -0.1) is 0 Å². The summed E-state index contributed by atoms with van der Waals surface area (Å²) >= 11 is 3.40. The Kier molecular flexibility index (Phi) is 4.45. The van der Waals surface area contributed by atoms with E-state index < -0.39 is 10.0 Å². The van der Waals surface area contributed by atoms with Gasteiger partial charge in [-0.2, -0.15) is 4.31 Å². The summed E-state index contributed by atoms with van der Waals surface area (Å²) in [7, 11) is -3.43. The van der Waals surface area contributed by atoms with Crippen LogP contribution < -0.4 is 0 Å². The molecule has 0 bridgehead atoms. The lowest BCUT2D eigenvalue weighted by Gasteiger charge is -2.33. The molecule has 1 aromatic heterocycles. The van der Waals surface area contributed by atoms with Gasteiger partial charge in [0, 0.05) is 24.3 Å². The number of nitrogens with one attached hydrogen (secondary N) is 1. The predicted molar refractivity (Wildman–Crippen MR) is 73.3 cm³/mol. The van der Waals surface area contributed by atoms with Crippen LogP contribution in [0.3, 0.4) is 0 Å². The highest BCUT2D eigenvalue weighted by molar-refractivity contribution is 9.09. The first-order valence-corrected chi connectivity index (χ1v) is 8.77. The first-order valence-electron chi connectivity index (χ1n) is 6.21. The Hall–Kier alpha value is -0.400. The molecule has 1 saturated heterocycles. The van der Waals surface area contributed by atoms with E-state index in [0.717, 1.165) is 19.3 Å². The molecule has 1 fully saturated rings. The molecule has 2 heterocycles. The van der Waals surface area contributed by atoms with Crippen LogP contribution in [0.5, 0.6) is 0 Å². The van der Waals surface area contributed by atoms with Crippen LogP contribution in [0, 0.1) is 0 Å². The number of aromatic nitrogens is 2. The number of halogens is 1. The predicted octanol–water partition coefficient (Wildman–Crippen LogP) is 1.91. The highest BCUT2D eigenvalue weighted by atomic mass is 79.9. The minimum Gasteiger partial charge on any atom is -0.332 e. The molecule has 1 aliphatic rings. The topological polar surface area (TPSA) is 66.1 Å². The van der Waals surface area contributed by atoms with Crippen molar-refractivity contribution < 1.29 is 8.42 Å². The number of rotatable bonds is 4. The van der Waals surface area contributed by atoms with Gasteiger partial charge in [-0.05, 0) is 12.8 Å². The minimum atomic E-state index is -3.43. The molecule has 1 aromatic rings. The normalized spacial score (nSPS) is 22.2. The fourth-order valence-corrected chi connectivity index (χ4v) is 4.72. The molecule has 0 saturated carbocycles. The summed E-state index contributed by atoms with van der Waals surface area (Å²) in [5, 5.41) is 0.897. The van der Waals surface area contributed by atoms with E-state index in [1.54, 1.807) is 4.31 Å². The van der Waals surface area contributed by atoms with Gasteiger partial charge >= 0.3 is 0 Å². The van der Waals surface area contributed by atoms with Crippen LogP contribution in [0.15, 0.2) is 11.2 Å². The first-order chi connectivity index (χ1) is 8.59. The zero-order valence-corrected chi connectivity index (χ0v) is 12.8. The second-order valence-electron chi connectivity index (χ2n) is 4.47. The Balaban J connectivity index is 2.28. The van der Waals surface area contributed by atoms with Crippen LogP contribution in [0.25, 0.3) is 0 Å². The highest BCUT2D eigenvalue weighted by Crippen LogP contribution is 2.25. The maximum atomic E-state index is 12.5. The Labute approximate surface area is 116 Å². The highest BCUT2D eigenvalue weighted by Gasteiger charge is 2.33. The van der Waals surface area contributed by atoms with Gasteiger partial charge in [-0.3, -0.25) is 0 Å². The van der Waals surface area contributed by atoms with E-state index in [1.165, 1.54) is 6.20 Å². The number of piperidine rings is 1. The average Bonchev–Trinajstić information content (AvgIpc) is 2.88. The molecule has 1 atom stereocenters. The number of aryl methyl sites for hydroxylation is 1. The van der Waals surface area contributed by atoms with E-state index in [2.05, 4.69) is 25.9 Å². The molecule has 0 spiro atoms. The van der Waals surface area contributed by atoms with Crippen LogP contribution in [-0.4, -0.2) is 40.6 Å². The third-order valence-corrected chi connectivity index (χ3v) is 5.89. The van der Waals surface area contributed by atoms with E-state index in [4.69, 9.17) is 0 Å². The second kappa shape index (κ2) is 5.71. The molecular weight excluding hydrogens is 318 g/mol. The van der Waals surface area contributed by atoms with Gasteiger partial charge in [0.2, 0.25) is 0 Å². The van der Waals surface area contributed by atoms with Gasteiger partial charge in [0.05, 0.1) is 6.20 Å². The van der Waals surface area contributed by atoms with E-state index in [-0.39, 0.29) is 11.1 Å². The maximum Gasteiger partial charge on any atom is 0.260 e. The van der Waals surface area contributed by atoms with Gasteiger partial charge in [-0.25, -0.2) is 13.4 Å². The molecule has 1 unspecified atom stereocenters. The summed E-state index contributed by atoms with van der Waals surface area (Å²) in [5.74, 6) is 0.709. The fraction of sp³-hybridized carbons (Fsp3) is 0.727. The number of hydrogen-bond acceptors (Lipinski definition) is 3. The molecule has 0 amide bonds. The van der Waals surface area contributed by atoms with Crippen molar-refractivity contribution >= 4 is 26.0 Å². The Bertz CT molecular complexity index is 500. The molecule has 18 heavy (non-hydrogen) atoms. The van der Waals surface area contributed by atoms with Gasteiger partial charge in [0.15, 0.2) is 5.03 Å². The van der Waals surface area contributed by atoms with Crippen molar-refractivity contribution in [1.29, 1.82) is 0 Å². The molecule has 1 aliphatic heterocycles. The van der Waals surface area contributed by atoms with Crippen LogP contribution in [0.2, 0.25) is 0 Å². The van der Waals surface area contributed by atoms with E-state index in [1.807, 2.05) is 6.92 Å². The molecular formula is C11H18BrN3O2S. The molecule has 0 aliphatic carbocycles. The Morgan fingerprint density at radius 2 is 2.33 bits per heavy atom. The van der Waals surface area contributed by atoms with Crippen molar-refractivity contribution in [2.24, 2.45) is 0 Å². The zero-order valence-electron chi connectivity index (χ0n) is 10.4. The first kappa shape index (κ1) is 14.0. The number of imidazole rings is 1. The van der Waals surface area contributed by atoms with Gasteiger partial charge < -0.3 is 4.98 Å². The number of alkyl halides is 1. The third kappa shape index (κ3) is 2.62. The summed E-state index contributed by atoms with van der Waals surface area (Å²) in [4.78, 5) is 6.96. The van der Waals surface area contributed by atoms with Crippen molar-refractivity contribution in [1.82, 2.24) is 14.3 Å². The standard InChI is InChI=1S/C11H18BrN3O2S/c1-2-10-13-8-11(14-10)18(16,17)15-6-4-3-5-9(15)7-12/h8-9H,2-7H2,1H3,(H,13,14). The van der Waals surface area contributed by atoms with Gasteiger partial charge in [0.25, 0.3) is 10.0 Å². The van der Waals surface area contributed by atoms with Crippen molar-refractivity contribution in [3.8, 4) is 0 Å². The molecule has 1 N–H and O–H groups in total. The smallest absolute Gasteiger partial charge is 0.260 e. The van der Waals surface area contributed by atoms with Crippen LogP contribution in [0.4, 0.5) is 0 Å². The zero-order chi connectivity index (χ0) is 13.2. The minimum absolute atomic E-state index is 0.0529. The van der Waals surface area contributed by atoms with Crippen molar-refractivity contribution in [3.63, 3.8) is 0 Å². The van der Waals surface area contributed by atoms with Gasteiger partial charge in [0.1, 0.15) is 5.82 Å². The number of H-pyrrole nitrogens is 1. The summed E-state index contributed by atoms with van der Waals surface area (Å²) in [6.07, 6.45) is 5.06. The van der Waals surface area contributed by atoms with Crippen molar-refractivity contribution in [3.05, 3.63) is 12.0 Å². The monoisotopic (exact) mass is 335 g/mol. The fourth-order valence-electron chi connectivity index (χ4n) is 2.23. The Morgan fingerprint density at radius 3 is 2.94 bits per heavy atom. The molecule has 7 heteroatoms. The number of hydrogen-bond donors (Lipinski definition) is 1. The van der Waals surface area contributed by atoms with Crippen LogP contribution in [0.1, 0.15) is 32.0 Å². The second-order valence-corrected chi connectivity index (χ2v) is 6.97. The molecule has 2 rings (SSSR count). The maximum absolute atomic E-state index is 12.5. The number of sulfonamides is 1. The largest absolute Gasteiger partial charge is 0.332 e. The number of aromatic amines is 1. The van der Waals surface area contributed by atoms with Crippen molar-refractivity contribution in [2.45, 2.75) is 43.7 Å². The lowest BCUT2D eigenvalue weighted by Crippen LogP contribution is -2.44. The quantitative estimate of drug-likeness (QED) is 0.854. The van der Waals surface area contributed by atoms with E-state index in [0.29, 0.717) is 24.1 Å². The van der Waals surface area contributed by atoms with Crippen LogP contribution in [-0.2, 0) is 16.4 Å². The molecule has 102 valence electrons.